The van der Waals surface area contributed by atoms with Crippen molar-refractivity contribution in [1.82, 2.24) is 4.98 Å². The van der Waals surface area contributed by atoms with Crippen LogP contribution in [0, 0.1) is 11.8 Å². The Labute approximate surface area is 117 Å². The molecule has 1 fully saturated rings. The van der Waals surface area contributed by atoms with Crippen molar-refractivity contribution < 1.29 is 14.3 Å². The van der Waals surface area contributed by atoms with Crippen molar-refractivity contribution in [3.05, 3.63) is 24.6 Å². The highest BCUT2D eigenvalue weighted by molar-refractivity contribution is 5.87. The fourth-order valence-corrected chi connectivity index (χ4v) is 2.89. The summed E-state index contributed by atoms with van der Waals surface area (Å²) in [5, 5.41) is 13.4. The van der Waals surface area contributed by atoms with Gasteiger partial charge in [-0.05, 0) is 43.7 Å². The summed E-state index contributed by atoms with van der Waals surface area (Å²) in [6, 6.07) is 3.75. The third kappa shape index (κ3) is 2.61. The number of aromatic nitrogens is 1. The minimum atomic E-state index is -0.652. The van der Waals surface area contributed by atoms with E-state index < -0.39 is 5.97 Å². The number of nitrogens with zero attached hydrogens (tertiary/aromatic N) is 1. The van der Waals surface area contributed by atoms with E-state index in [0.717, 1.165) is 49.0 Å². The number of hydrogen-bond acceptors (Lipinski definition) is 4. The summed E-state index contributed by atoms with van der Waals surface area (Å²) in [6.07, 6.45) is 6.89. The summed E-state index contributed by atoms with van der Waals surface area (Å²) < 4.78 is 5.35. The highest BCUT2D eigenvalue weighted by Gasteiger charge is 2.25. The van der Waals surface area contributed by atoms with Gasteiger partial charge in [-0.25, -0.2) is 4.98 Å². The highest BCUT2D eigenvalue weighted by Crippen LogP contribution is 2.29. The minimum Gasteiger partial charge on any atom is -0.481 e. The monoisotopic (exact) mass is 274 g/mol. The van der Waals surface area contributed by atoms with Gasteiger partial charge in [-0.15, -0.1) is 0 Å². The lowest BCUT2D eigenvalue weighted by Gasteiger charge is -2.26. The molecule has 2 aromatic heterocycles. The molecule has 0 aromatic carbocycles. The average Bonchev–Trinajstić information content (AvgIpc) is 2.94. The van der Waals surface area contributed by atoms with Crippen molar-refractivity contribution in [1.29, 1.82) is 0 Å². The first kappa shape index (κ1) is 13.0. The van der Waals surface area contributed by atoms with Gasteiger partial charge in [0.2, 0.25) is 0 Å². The molecular formula is C15H18N2O3. The molecule has 5 heteroatoms. The van der Waals surface area contributed by atoms with Gasteiger partial charge in [-0.3, -0.25) is 4.79 Å². The number of pyridine rings is 1. The van der Waals surface area contributed by atoms with E-state index in [1.54, 1.807) is 12.5 Å². The lowest BCUT2D eigenvalue weighted by atomic mass is 9.82. The van der Waals surface area contributed by atoms with Crippen molar-refractivity contribution in [3.8, 4) is 0 Å². The van der Waals surface area contributed by atoms with Crippen molar-refractivity contribution in [2.45, 2.75) is 25.7 Å². The molecule has 106 valence electrons. The Bertz CT molecular complexity index is 600. The quantitative estimate of drug-likeness (QED) is 0.895. The number of anilines is 1. The number of aliphatic carboxylic acids is 1. The second kappa shape index (κ2) is 5.53. The Morgan fingerprint density at radius 1 is 1.35 bits per heavy atom. The van der Waals surface area contributed by atoms with Crippen LogP contribution < -0.4 is 5.32 Å². The second-order valence-corrected chi connectivity index (χ2v) is 5.43. The predicted molar refractivity (Wildman–Crippen MR) is 75.6 cm³/mol. The number of fused-ring (bicyclic) bond motifs is 1. The van der Waals surface area contributed by atoms with Gasteiger partial charge in [0, 0.05) is 12.7 Å². The normalized spacial score (nSPS) is 22.8. The molecule has 20 heavy (non-hydrogen) atoms. The summed E-state index contributed by atoms with van der Waals surface area (Å²) in [5.41, 5.74) is 0.831. The molecule has 2 aromatic rings. The van der Waals surface area contributed by atoms with Gasteiger partial charge in [0.05, 0.1) is 17.6 Å². The Morgan fingerprint density at radius 2 is 2.15 bits per heavy atom. The topological polar surface area (TPSA) is 75.4 Å². The smallest absolute Gasteiger partial charge is 0.306 e. The standard InChI is InChI=1S/C15H18N2O3/c18-15(19)11-3-1-10(2-4-11)9-17-14-12-6-8-20-13(12)5-7-16-14/h5-8,10-11H,1-4,9H2,(H,16,17)(H,18,19). The molecule has 5 nitrogen and oxygen atoms in total. The Kier molecular flexibility index (Phi) is 3.58. The van der Waals surface area contributed by atoms with Crippen LogP contribution >= 0.6 is 0 Å². The summed E-state index contributed by atoms with van der Waals surface area (Å²) in [6.45, 7) is 0.837. The molecule has 0 spiro atoms. The number of rotatable bonds is 4. The maximum atomic E-state index is 10.9. The SMILES string of the molecule is O=C(O)C1CCC(CNc2nccc3occc23)CC1. The lowest BCUT2D eigenvalue weighted by molar-refractivity contribution is -0.143. The van der Waals surface area contributed by atoms with Gasteiger partial charge in [0.1, 0.15) is 11.4 Å². The average molecular weight is 274 g/mol. The second-order valence-electron chi connectivity index (χ2n) is 5.43. The number of furan rings is 1. The van der Waals surface area contributed by atoms with E-state index in [0.29, 0.717) is 5.92 Å². The predicted octanol–water partition coefficient (Wildman–Crippen LogP) is 3.13. The summed E-state index contributed by atoms with van der Waals surface area (Å²) in [4.78, 5) is 15.3. The largest absolute Gasteiger partial charge is 0.481 e. The number of nitrogens with one attached hydrogen (secondary N) is 1. The Balaban J connectivity index is 1.58. The molecule has 0 bridgehead atoms. The van der Waals surface area contributed by atoms with Crippen LogP contribution in [0.5, 0.6) is 0 Å². The van der Waals surface area contributed by atoms with Crippen LogP contribution in [0.25, 0.3) is 11.0 Å². The molecule has 1 saturated carbocycles. The van der Waals surface area contributed by atoms with E-state index in [1.165, 1.54) is 0 Å². The van der Waals surface area contributed by atoms with E-state index in [-0.39, 0.29) is 5.92 Å². The van der Waals surface area contributed by atoms with E-state index in [4.69, 9.17) is 9.52 Å². The number of carbonyl (C=O) groups is 1. The van der Waals surface area contributed by atoms with E-state index >= 15 is 0 Å². The molecular weight excluding hydrogens is 256 g/mol. The first-order valence-corrected chi connectivity index (χ1v) is 7.03. The van der Waals surface area contributed by atoms with Gasteiger partial charge in [-0.1, -0.05) is 0 Å². The fourth-order valence-electron chi connectivity index (χ4n) is 2.89. The van der Waals surface area contributed by atoms with Crippen LogP contribution in [0.3, 0.4) is 0 Å². The van der Waals surface area contributed by atoms with Gasteiger partial charge in [0.25, 0.3) is 0 Å². The molecule has 0 amide bonds. The zero-order valence-corrected chi connectivity index (χ0v) is 11.2. The van der Waals surface area contributed by atoms with Crippen molar-refractivity contribution in [2.75, 3.05) is 11.9 Å². The molecule has 0 unspecified atom stereocenters. The van der Waals surface area contributed by atoms with Crippen LogP contribution in [0.1, 0.15) is 25.7 Å². The molecule has 0 aliphatic heterocycles. The van der Waals surface area contributed by atoms with Crippen LogP contribution in [0.15, 0.2) is 29.0 Å². The van der Waals surface area contributed by atoms with Crippen LogP contribution in [0.2, 0.25) is 0 Å². The number of carboxylic acid groups (broad SMARTS) is 1. The highest BCUT2D eigenvalue weighted by atomic mass is 16.4. The van der Waals surface area contributed by atoms with Crippen LogP contribution in [0.4, 0.5) is 5.82 Å². The third-order valence-electron chi connectivity index (χ3n) is 4.13. The molecule has 2 heterocycles. The summed E-state index contributed by atoms with van der Waals surface area (Å²) in [5.74, 6) is 0.564. The van der Waals surface area contributed by atoms with E-state index in [1.807, 2.05) is 12.1 Å². The minimum absolute atomic E-state index is 0.151. The number of carboxylic acids is 1. The maximum Gasteiger partial charge on any atom is 0.306 e. The molecule has 0 radical (unpaired) electrons. The third-order valence-corrected chi connectivity index (χ3v) is 4.13. The maximum absolute atomic E-state index is 10.9. The van der Waals surface area contributed by atoms with Crippen LogP contribution in [-0.2, 0) is 4.79 Å². The van der Waals surface area contributed by atoms with E-state index in [9.17, 15) is 4.79 Å². The lowest BCUT2D eigenvalue weighted by Crippen LogP contribution is -2.25. The molecule has 1 aliphatic carbocycles. The van der Waals surface area contributed by atoms with Gasteiger partial charge >= 0.3 is 5.97 Å². The van der Waals surface area contributed by atoms with Crippen molar-refractivity contribution in [3.63, 3.8) is 0 Å². The molecule has 0 atom stereocenters. The fraction of sp³-hybridized carbons (Fsp3) is 0.467. The zero-order valence-electron chi connectivity index (χ0n) is 11.2. The van der Waals surface area contributed by atoms with Crippen molar-refractivity contribution >= 4 is 22.8 Å². The van der Waals surface area contributed by atoms with Gasteiger partial charge < -0.3 is 14.8 Å². The van der Waals surface area contributed by atoms with E-state index in [2.05, 4.69) is 10.3 Å². The molecule has 0 saturated heterocycles. The Morgan fingerprint density at radius 3 is 2.90 bits per heavy atom. The summed E-state index contributed by atoms with van der Waals surface area (Å²) >= 11 is 0. The van der Waals surface area contributed by atoms with Gasteiger partial charge in [-0.2, -0.15) is 0 Å². The Hall–Kier alpha value is -2.04. The van der Waals surface area contributed by atoms with Crippen molar-refractivity contribution in [2.24, 2.45) is 11.8 Å². The number of hydrogen-bond donors (Lipinski definition) is 2. The zero-order chi connectivity index (χ0) is 13.9. The molecule has 3 rings (SSSR count). The van der Waals surface area contributed by atoms with Gasteiger partial charge in [0.15, 0.2) is 0 Å². The summed E-state index contributed by atoms with van der Waals surface area (Å²) in [7, 11) is 0. The first-order valence-electron chi connectivity index (χ1n) is 7.03. The molecule has 1 aliphatic rings. The first-order chi connectivity index (χ1) is 9.74. The van der Waals surface area contributed by atoms with Crippen LogP contribution in [-0.4, -0.2) is 22.6 Å². The molecule has 2 N–H and O–H groups in total.